The van der Waals surface area contributed by atoms with Crippen molar-refractivity contribution in [3.05, 3.63) is 0 Å². The van der Waals surface area contributed by atoms with Gasteiger partial charge in [-0.2, -0.15) is 0 Å². The molecule has 1 saturated heterocycles. The van der Waals surface area contributed by atoms with Gasteiger partial charge in [-0.15, -0.1) is 0 Å². The fourth-order valence-corrected chi connectivity index (χ4v) is 2.10. The van der Waals surface area contributed by atoms with E-state index in [1.54, 1.807) is 0 Å². The first-order valence-electron chi connectivity index (χ1n) is 5.90. The Hall–Kier alpha value is -0.570. The predicted octanol–water partition coefficient (Wildman–Crippen LogP) is 1.77. The summed E-state index contributed by atoms with van der Waals surface area (Å²) in [6.45, 7) is 11.4. The van der Waals surface area contributed by atoms with Crippen molar-refractivity contribution in [1.29, 1.82) is 0 Å². The summed E-state index contributed by atoms with van der Waals surface area (Å²) in [6.07, 6.45) is 2.08. The van der Waals surface area contributed by atoms with Crippen LogP contribution in [0.4, 0.5) is 0 Å². The van der Waals surface area contributed by atoms with Gasteiger partial charge < -0.3 is 10.2 Å². The molecule has 1 N–H and O–H groups in total. The third-order valence-electron chi connectivity index (χ3n) is 2.78. The minimum atomic E-state index is -0.0472. The molecule has 1 heterocycles. The predicted molar refractivity (Wildman–Crippen MR) is 62.8 cm³/mol. The molecule has 0 saturated carbocycles. The van der Waals surface area contributed by atoms with E-state index < -0.39 is 0 Å². The normalized spacial score (nSPS) is 23.7. The highest BCUT2D eigenvalue weighted by atomic mass is 16.2. The van der Waals surface area contributed by atoms with Gasteiger partial charge in [-0.3, -0.25) is 4.79 Å². The first kappa shape index (κ1) is 12.5. The standard InChI is InChI=1S/C12H24N2O/c1-9(2)13-10-7-6-8-14(11(10)15)12(3,4)5/h9-10,13H,6-8H2,1-5H3. The van der Waals surface area contributed by atoms with E-state index in [1.165, 1.54) is 0 Å². The van der Waals surface area contributed by atoms with Crippen LogP contribution in [0.2, 0.25) is 0 Å². The van der Waals surface area contributed by atoms with Crippen LogP contribution in [-0.2, 0) is 4.79 Å². The van der Waals surface area contributed by atoms with Gasteiger partial charge in [0.25, 0.3) is 0 Å². The summed E-state index contributed by atoms with van der Waals surface area (Å²) in [6, 6.07) is 0.400. The fraction of sp³-hybridized carbons (Fsp3) is 0.917. The zero-order valence-electron chi connectivity index (χ0n) is 10.6. The second-order valence-electron chi connectivity index (χ2n) is 5.68. The van der Waals surface area contributed by atoms with Crippen molar-refractivity contribution in [1.82, 2.24) is 10.2 Å². The lowest BCUT2D eigenvalue weighted by molar-refractivity contribution is -0.141. The van der Waals surface area contributed by atoms with Crippen LogP contribution in [0.25, 0.3) is 0 Å². The number of nitrogens with one attached hydrogen (secondary N) is 1. The molecule has 0 aliphatic carbocycles. The van der Waals surface area contributed by atoms with Crippen molar-refractivity contribution in [2.45, 2.75) is 65.1 Å². The number of piperidine rings is 1. The highest BCUT2D eigenvalue weighted by molar-refractivity contribution is 5.83. The molecule has 1 atom stereocenters. The van der Waals surface area contributed by atoms with Crippen LogP contribution in [0.3, 0.4) is 0 Å². The van der Waals surface area contributed by atoms with Crippen LogP contribution < -0.4 is 5.32 Å². The van der Waals surface area contributed by atoms with Crippen LogP contribution in [0.1, 0.15) is 47.5 Å². The molecule has 3 heteroatoms. The average molecular weight is 212 g/mol. The Morgan fingerprint density at radius 2 is 2.00 bits per heavy atom. The third kappa shape index (κ3) is 3.20. The molecule has 1 aliphatic rings. The number of carbonyl (C=O) groups excluding carboxylic acids is 1. The number of carbonyl (C=O) groups is 1. The highest BCUT2D eigenvalue weighted by Gasteiger charge is 2.34. The van der Waals surface area contributed by atoms with Crippen molar-refractivity contribution in [3.63, 3.8) is 0 Å². The topological polar surface area (TPSA) is 32.3 Å². The average Bonchev–Trinajstić information content (AvgIpc) is 2.05. The number of hydrogen-bond donors (Lipinski definition) is 1. The Balaban J connectivity index is 2.67. The molecule has 0 spiro atoms. The van der Waals surface area contributed by atoms with E-state index in [9.17, 15) is 4.79 Å². The number of likely N-dealkylation sites (tertiary alicyclic amines) is 1. The molecule has 0 aromatic heterocycles. The van der Waals surface area contributed by atoms with Crippen LogP contribution in [0.5, 0.6) is 0 Å². The lowest BCUT2D eigenvalue weighted by Gasteiger charge is -2.42. The van der Waals surface area contributed by atoms with Gasteiger partial charge in [0.1, 0.15) is 0 Å². The van der Waals surface area contributed by atoms with Gasteiger partial charge >= 0.3 is 0 Å². The minimum absolute atomic E-state index is 0.0259. The molecule has 88 valence electrons. The van der Waals surface area contributed by atoms with Crippen molar-refractivity contribution in [2.75, 3.05) is 6.54 Å². The second-order valence-corrected chi connectivity index (χ2v) is 5.68. The molecular weight excluding hydrogens is 188 g/mol. The summed E-state index contributed by atoms with van der Waals surface area (Å²) in [5, 5.41) is 3.34. The fourth-order valence-electron chi connectivity index (χ4n) is 2.10. The lowest BCUT2D eigenvalue weighted by Crippen LogP contribution is -2.57. The van der Waals surface area contributed by atoms with Crippen LogP contribution >= 0.6 is 0 Å². The Morgan fingerprint density at radius 3 is 2.47 bits per heavy atom. The van der Waals surface area contributed by atoms with Crippen LogP contribution in [0.15, 0.2) is 0 Å². The maximum atomic E-state index is 12.2. The number of rotatable bonds is 2. The molecule has 0 aromatic rings. The monoisotopic (exact) mass is 212 g/mol. The molecule has 0 bridgehead atoms. The van der Waals surface area contributed by atoms with Crippen molar-refractivity contribution >= 4 is 5.91 Å². The molecule has 15 heavy (non-hydrogen) atoms. The first-order chi connectivity index (χ1) is 6.82. The van der Waals surface area contributed by atoms with Gasteiger partial charge in [0.15, 0.2) is 0 Å². The van der Waals surface area contributed by atoms with Crippen molar-refractivity contribution in [2.24, 2.45) is 0 Å². The highest BCUT2D eigenvalue weighted by Crippen LogP contribution is 2.21. The zero-order chi connectivity index (χ0) is 11.6. The molecule has 1 fully saturated rings. The number of nitrogens with zero attached hydrogens (tertiary/aromatic N) is 1. The van der Waals surface area contributed by atoms with Gasteiger partial charge in [-0.05, 0) is 33.6 Å². The van der Waals surface area contributed by atoms with Gasteiger partial charge in [0.2, 0.25) is 5.91 Å². The minimum Gasteiger partial charge on any atom is -0.337 e. The largest absolute Gasteiger partial charge is 0.337 e. The maximum Gasteiger partial charge on any atom is 0.240 e. The smallest absolute Gasteiger partial charge is 0.240 e. The lowest BCUT2D eigenvalue weighted by atomic mass is 9.97. The number of amides is 1. The summed E-state index contributed by atoms with van der Waals surface area (Å²) >= 11 is 0. The van der Waals surface area contributed by atoms with E-state index in [4.69, 9.17) is 0 Å². The third-order valence-corrected chi connectivity index (χ3v) is 2.78. The van der Waals surface area contributed by atoms with Crippen LogP contribution in [0, 0.1) is 0 Å². The van der Waals surface area contributed by atoms with Crippen molar-refractivity contribution in [3.8, 4) is 0 Å². The Kier molecular flexibility index (Phi) is 3.77. The molecular formula is C12H24N2O. The molecule has 1 aliphatic heterocycles. The van der Waals surface area contributed by atoms with E-state index in [-0.39, 0.29) is 17.5 Å². The molecule has 1 unspecified atom stereocenters. The van der Waals surface area contributed by atoms with E-state index in [0.29, 0.717) is 6.04 Å². The van der Waals surface area contributed by atoms with Crippen LogP contribution in [-0.4, -0.2) is 35.0 Å². The number of hydrogen-bond acceptors (Lipinski definition) is 2. The summed E-state index contributed by atoms with van der Waals surface area (Å²) < 4.78 is 0. The molecule has 1 amide bonds. The first-order valence-corrected chi connectivity index (χ1v) is 5.90. The van der Waals surface area contributed by atoms with Gasteiger partial charge in [-0.1, -0.05) is 13.8 Å². The summed E-state index contributed by atoms with van der Waals surface area (Å²) in [4.78, 5) is 14.2. The van der Waals surface area contributed by atoms with E-state index in [2.05, 4.69) is 39.9 Å². The summed E-state index contributed by atoms with van der Waals surface area (Å²) in [5.41, 5.74) is -0.0472. The molecule has 1 rings (SSSR count). The quantitative estimate of drug-likeness (QED) is 0.756. The maximum absolute atomic E-state index is 12.2. The SMILES string of the molecule is CC(C)NC1CCCN(C(C)(C)C)C1=O. The molecule has 0 aromatic carbocycles. The van der Waals surface area contributed by atoms with Gasteiger partial charge in [0, 0.05) is 18.1 Å². The van der Waals surface area contributed by atoms with Gasteiger partial charge in [0.05, 0.1) is 6.04 Å². The van der Waals surface area contributed by atoms with Gasteiger partial charge in [-0.25, -0.2) is 0 Å². The molecule has 0 radical (unpaired) electrons. The summed E-state index contributed by atoms with van der Waals surface area (Å²) in [7, 11) is 0. The second kappa shape index (κ2) is 4.52. The van der Waals surface area contributed by atoms with Crippen molar-refractivity contribution < 1.29 is 4.79 Å². The summed E-state index contributed by atoms with van der Waals surface area (Å²) in [5.74, 6) is 0.266. The Labute approximate surface area is 93.2 Å². The van der Waals surface area contributed by atoms with E-state index in [1.807, 2.05) is 4.90 Å². The molecule has 3 nitrogen and oxygen atoms in total. The Morgan fingerprint density at radius 1 is 1.40 bits per heavy atom. The van der Waals surface area contributed by atoms with E-state index >= 15 is 0 Å². The zero-order valence-corrected chi connectivity index (χ0v) is 10.6. The van der Waals surface area contributed by atoms with E-state index in [0.717, 1.165) is 19.4 Å². The Bertz CT molecular complexity index is 230.